The fourth-order valence-electron chi connectivity index (χ4n) is 4.98. The van der Waals surface area contributed by atoms with Gasteiger partial charge >= 0.3 is 5.97 Å². The Balaban J connectivity index is 3.66. The van der Waals surface area contributed by atoms with Gasteiger partial charge in [-0.2, -0.15) is 0 Å². The van der Waals surface area contributed by atoms with Crippen molar-refractivity contribution in [2.75, 3.05) is 6.61 Å². The first kappa shape index (κ1) is 38.4. The van der Waals surface area contributed by atoms with E-state index in [1.54, 1.807) is 0 Å². The van der Waals surface area contributed by atoms with Crippen molar-refractivity contribution in [3.05, 3.63) is 46.6 Å². The number of rotatable bonds is 27. The Morgan fingerprint density at radius 3 is 1.27 bits per heavy atom. The van der Waals surface area contributed by atoms with E-state index >= 15 is 0 Å². The van der Waals surface area contributed by atoms with Crippen molar-refractivity contribution < 1.29 is 9.53 Å². The first-order valence-electron chi connectivity index (χ1n) is 17.1. The summed E-state index contributed by atoms with van der Waals surface area (Å²) in [5, 5.41) is 0. The summed E-state index contributed by atoms with van der Waals surface area (Å²) in [5.74, 6) is -0.0429. The molecule has 40 heavy (non-hydrogen) atoms. The summed E-state index contributed by atoms with van der Waals surface area (Å²) >= 11 is 0. The van der Waals surface area contributed by atoms with E-state index in [-0.39, 0.29) is 5.97 Å². The molecule has 0 saturated heterocycles. The largest absolute Gasteiger partial charge is 0.461 e. The third-order valence-corrected chi connectivity index (χ3v) is 7.81. The molecule has 0 aromatic carbocycles. The predicted molar refractivity (Wildman–Crippen MR) is 179 cm³/mol. The van der Waals surface area contributed by atoms with Crippen molar-refractivity contribution in [2.24, 2.45) is 0 Å². The van der Waals surface area contributed by atoms with Gasteiger partial charge in [0, 0.05) is 6.42 Å². The number of hydrogen-bond acceptors (Lipinski definition) is 2. The molecule has 0 aliphatic carbocycles. The van der Waals surface area contributed by atoms with E-state index in [1.807, 2.05) is 0 Å². The van der Waals surface area contributed by atoms with Gasteiger partial charge < -0.3 is 4.74 Å². The third-order valence-electron chi connectivity index (χ3n) is 7.81. The Kier molecular flexibility index (Phi) is 27.8. The molecular weight excluding hydrogens is 488 g/mol. The van der Waals surface area contributed by atoms with Crippen LogP contribution < -0.4 is 0 Å². The quantitative estimate of drug-likeness (QED) is 0.0571. The van der Waals surface area contributed by atoms with Gasteiger partial charge in [-0.25, -0.2) is 0 Å². The fraction of sp³-hybridized carbons (Fsp3) is 0.763. The third kappa shape index (κ3) is 29.4. The molecule has 232 valence electrons. The first-order valence-corrected chi connectivity index (χ1v) is 17.1. The number of carbonyl (C=O) groups excluding carboxylic acids is 1. The predicted octanol–water partition coefficient (Wildman–Crippen LogP) is 12.9. The average Bonchev–Trinajstić information content (AvgIpc) is 2.90. The van der Waals surface area contributed by atoms with Crippen LogP contribution >= 0.6 is 0 Å². The van der Waals surface area contributed by atoms with Gasteiger partial charge in [0.1, 0.15) is 6.61 Å². The monoisotopic (exact) mass is 557 g/mol. The Bertz CT molecular complexity index is 718. The highest BCUT2D eigenvalue weighted by molar-refractivity contribution is 5.69. The second-order valence-corrected chi connectivity index (χ2v) is 12.4. The minimum Gasteiger partial charge on any atom is -0.461 e. The molecular formula is C38H68O2. The minimum absolute atomic E-state index is 0.0429. The SMILES string of the molecule is CCCCCCCCCCCCCCCCCC(=O)OC/C=C(\C)CC/C=C(/C)CC/C=C(\C)CCC=C(C)C. The maximum atomic E-state index is 12.0. The molecule has 0 fully saturated rings. The zero-order valence-corrected chi connectivity index (χ0v) is 27.9. The molecule has 0 unspecified atom stereocenters. The first-order chi connectivity index (χ1) is 19.3. The van der Waals surface area contributed by atoms with Crippen molar-refractivity contribution in [2.45, 2.75) is 183 Å². The Labute approximate surface area is 251 Å². The lowest BCUT2D eigenvalue weighted by Crippen LogP contribution is -2.04. The summed E-state index contributed by atoms with van der Waals surface area (Å²) in [6, 6.07) is 0. The van der Waals surface area contributed by atoms with Crippen molar-refractivity contribution in [3.8, 4) is 0 Å². The summed E-state index contributed by atoms with van der Waals surface area (Å²) in [7, 11) is 0. The molecule has 0 amide bonds. The van der Waals surface area contributed by atoms with Crippen molar-refractivity contribution >= 4 is 5.97 Å². The van der Waals surface area contributed by atoms with Crippen molar-refractivity contribution in [3.63, 3.8) is 0 Å². The fourth-order valence-corrected chi connectivity index (χ4v) is 4.98. The molecule has 2 heteroatoms. The van der Waals surface area contributed by atoms with Gasteiger partial charge in [0.05, 0.1) is 0 Å². The Hall–Kier alpha value is -1.57. The number of carbonyl (C=O) groups is 1. The van der Waals surface area contributed by atoms with Gasteiger partial charge in [0.2, 0.25) is 0 Å². The van der Waals surface area contributed by atoms with E-state index < -0.39 is 0 Å². The lowest BCUT2D eigenvalue weighted by molar-refractivity contribution is -0.142. The zero-order valence-electron chi connectivity index (χ0n) is 27.9. The normalized spacial score (nSPS) is 12.6. The number of allylic oxidation sites excluding steroid dienone is 7. The second kappa shape index (κ2) is 28.9. The van der Waals surface area contributed by atoms with Crippen LogP contribution in [0, 0.1) is 0 Å². The van der Waals surface area contributed by atoms with Crippen molar-refractivity contribution in [1.29, 1.82) is 0 Å². The molecule has 0 spiro atoms. The molecule has 0 aromatic heterocycles. The van der Waals surface area contributed by atoms with Crippen LogP contribution in [0.2, 0.25) is 0 Å². The molecule has 0 rings (SSSR count). The number of ether oxygens (including phenoxy) is 1. The zero-order chi connectivity index (χ0) is 29.7. The van der Waals surface area contributed by atoms with E-state index in [9.17, 15) is 4.79 Å². The molecule has 0 aliphatic heterocycles. The number of unbranched alkanes of at least 4 members (excludes halogenated alkanes) is 14. The molecule has 0 radical (unpaired) electrons. The average molecular weight is 557 g/mol. The van der Waals surface area contributed by atoms with E-state index in [0.29, 0.717) is 13.0 Å². The summed E-state index contributed by atoms with van der Waals surface area (Å²) in [4.78, 5) is 12.0. The van der Waals surface area contributed by atoms with Crippen LogP contribution in [0.4, 0.5) is 0 Å². The second-order valence-electron chi connectivity index (χ2n) is 12.4. The molecule has 2 nitrogen and oxygen atoms in total. The Morgan fingerprint density at radius 1 is 0.475 bits per heavy atom. The van der Waals surface area contributed by atoms with E-state index in [1.165, 1.54) is 112 Å². The lowest BCUT2D eigenvalue weighted by Gasteiger charge is -2.05. The molecule has 0 aromatic rings. The standard InChI is InChI=1S/C38H68O2/c1-7-8-9-10-11-12-13-14-15-16-17-18-19-20-21-31-38(39)40-33-32-37(6)30-24-29-36(5)28-23-27-35(4)26-22-25-34(2)3/h25,27,29,32H,7-24,26,28,30-31,33H2,1-6H3/b35-27+,36-29-,37-32+. The number of esters is 1. The lowest BCUT2D eigenvalue weighted by atomic mass is 10.0. The van der Waals surface area contributed by atoms with Gasteiger partial charge in [0.15, 0.2) is 0 Å². The summed E-state index contributed by atoms with van der Waals surface area (Å²) in [6.45, 7) is 13.7. The number of hydrogen-bond donors (Lipinski definition) is 0. The summed E-state index contributed by atoms with van der Waals surface area (Å²) in [5.41, 5.74) is 5.68. The summed E-state index contributed by atoms with van der Waals surface area (Å²) in [6.07, 6.45) is 36.6. The van der Waals surface area contributed by atoms with Crippen LogP contribution in [0.15, 0.2) is 46.6 Å². The van der Waals surface area contributed by atoms with Crippen molar-refractivity contribution in [1.82, 2.24) is 0 Å². The summed E-state index contributed by atoms with van der Waals surface area (Å²) < 4.78 is 5.43. The van der Waals surface area contributed by atoms with Crippen LogP contribution in [0.5, 0.6) is 0 Å². The van der Waals surface area contributed by atoms with Gasteiger partial charge in [0.25, 0.3) is 0 Å². The van der Waals surface area contributed by atoms with Gasteiger partial charge in [-0.05, 0) is 85.6 Å². The highest BCUT2D eigenvalue weighted by Gasteiger charge is 2.02. The highest BCUT2D eigenvalue weighted by atomic mass is 16.5. The molecule has 0 heterocycles. The van der Waals surface area contributed by atoms with E-state index in [2.05, 4.69) is 65.8 Å². The molecule has 0 atom stereocenters. The maximum absolute atomic E-state index is 12.0. The smallest absolute Gasteiger partial charge is 0.306 e. The van der Waals surface area contributed by atoms with Crippen LogP contribution in [-0.2, 0) is 9.53 Å². The minimum atomic E-state index is -0.0429. The Morgan fingerprint density at radius 2 is 0.850 bits per heavy atom. The molecule has 0 bridgehead atoms. The molecule has 0 aliphatic rings. The van der Waals surface area contributed by atoms with E-state index in [0.717, 1.165) is 44.9 Å². The topological polar surface area (TPSA) is 26.3 Å². The maximum Gasteiger partial charge on any atom is 0.306 e. The van der Waals surface area contributed by atoms with Crippen LogP contribution in [0.3, 0.4) is 0 Å². The van der Waals surface area contributed by atoms with Crippen LogP contribution in [0.1, 0.15) is 183 Å². The molecule has 0 saturated carbocycles. The van der Waals surface area contributed by atoms with Gasteiger partial charge in [-0.15, -0.1) is 0 Å². The van der Waals surface area contributed by atoms with Crippen LogP contribution in [0.25, 0.3) is 0 Å². The van der Waals surface area contributed by atoms with E-state index in [4.69, 9.17) is 4.74 Å². The van der Waals surface area contributed by atoms with Crippen LogP contribution in [-0.4, -0.2) is 12.6 Å². The van der Waals surface area contributed by atoms with Gasteiger partial charge in [-0.1, -0.05) is 137 Å². The highest BCUT2D eigenvalue weighted by Crippen LogP contribution is 2.15. The molecule has 0 N–H and O–H groups in total. The van der Waals surface area contributed by atoms with Gasteiger partial charge in [-0.3, -0.25) is 4.79 Å².